The van der Waals surface area contributed by atoms with E-state index >= 15 is 0 Å². The summed E-state index contributed by atoms with van der Waals surface area (Å²) in [5.74, 6) is -1.87. The van der Waals surface area contributed by atoms with Crippen molar-refractivity contribution in [3.8, 4) is 0 Å². The highest BCUT2D eigenvalue weighted by molar-refractivity contribution is 5.99. The number of nitrogens with one attached hydrogen (secondary N) is 2. The predicted molar refractivity (Wildman–Crippen MR) is 79.7 cm³/mol. The molecule has 7 heteroatoms. The molecular weight excluding hydrogens is 303 g/mol. The topological polar surface area (TPSA) is 87.7 Å². The number of ether oxygens (including phenoxy) is 1. The molecular formula is C16H19FN2O4. The van der Waals surface area contributed by atoms with Crippen LogP contribution in [0.15, 0.2) is 12.1 Å². The van der Waals surface area contributed by atoms with E-state index in [2.05, 4.69) is 10.6 Å². The van der Waals surface area contributed by atoms with Gasteiger partial charge >= 0.3 is 5.97 Å². The van der Waals surface area contributed by atoms with Crippen LogP contribution < -0.4 is 10.6 Å². The molecule has 0 unspecified atom stereocenters. The molecule has 0 radical (unpaired) electrons. The Morgan fingerprint density at radius 1 is 1.26 bits per heavy atom. The molecule has 0 aliphatic carbocycles. The Morgan fingerprint density at radius 2 is 2.00 bits per heavy atom. The third-order valence-corrected chi connectivity index (χ3v) is 4.58. The fourth-order valence-corrected chi connectivity index (χ4v) is 3.18. The van der Waals surface area contributed by atoms with Gasteiger partial charge in [0.2, 0.25) is 0 Å². The lowest BCUT2D eigenvalue weighted by Crippen LogP contribution is -2.57. The summed E-state index contributed by atoms with van der Waals surface area (Å²) in [7, 11) is 0. The summed E-state index contributed by atoms with van der Waals surface area (Å²) in [5.41, 5.74) is 0.188. The number of carboxylic acid groups (broad SMARTS) is 1. The second-order valence-electron chi connectivity index (χ2n) is 5.93. The van der Waals surface area contributed by atoms with E-state index in [1.165, 1.54) is 12.1 Å². The average Bonchev–Trinajstić information content (AvgIpc) is 2.56. The fourth-order valence-electron chi connectivity index (χ4n) is 3.18. The second-order valence-corrected chi connectivity index (χ2v) is 5.93. The van der Waals surface area contributed by atoms with Crippen LogP contribution in [0.4, 0.5) is 4.39 Å². The molecule has 1 aromatic carbocycles. The van der Waals surface area contributed by atoms with E-state index in [0.717, 1.165) is 0 Å². The molecule has 0 saturated carbocycles. The first-order valence-corrected chi connectivity index (χ1v) is 7.68. The third-order valence-electron chi connectivity index (χ3n) is 4.58. The van der Waals surface area contributed by atoms with E-state index in [0.29, 0.717) is 36.2 Å². The minimum absolute atomic E-state index is 0.221. The van der Waals surface area contributed by atoms with Crippen LogP contribution in [0.1, 0.15) is 34.3 Å². The summed E-state index contributed by atoms with van der Waals surface area (Å²) in [6.07, 6.45) is 0.983. The number of carbonyl (C=O) groups is 2. The first-order valence-electron chi connectivity index (χ1n) is 7.68. The molecule has 6 nitrogen and oxygen atoms in total. The van der Waals surface area contributed by atoms with E-state index in [4.69, 9.17) is 4.74 Å². The van der Waals surface area contributed by atoms with Gasteiger partial charge in [0.15, 0.2) is 0 Å². The molecule has 0 bridgehead atoms. The van der Waals surface area contributed by atoms with Crippen LogP contribution in [0.5, 0.6) is 0 Å². The van der Waals surface area contributed by atoms with Crippen LogP contribution in [-0.2, 0) is 22.5 Å². The minimum Gasteiger partial charge on any atom is -0.480 e. The van der Waals surface area contributed by atoms with Crippen molar-refractivity contribution in [2.45, 2.75) is 31.3 Å². The number of carboxylic acids is 1. The van der Waals surface area contributed by atoms with Crippen molar-refractivity contribution in [2.24, 2.45) is 0 Å². The summed E-state index contributed by atoms with van der Waals surface area (Å²) in [6, 6.07) is 2.70. The zero-order valence-corrected chi connectivity index (χ0v) is 12.7. The van der Waals surface area contributed by atoms with Crippen LogP contribution in [0.3, 0.4) is 0 Å². The molecule has 3 N–H and O–H groups in total. The molecule has 0 aromatic heterocycles. The van der Waals surface area contributed by atoms with E-state index < -0.39 is 17.4 Å². The SMILES string of the molecule is O=C(NC1(C(=O)O)CCOCC1)c1ccc(F)c2c1CCNC2. The Bertz CT molecular complexity index is 641. The van der Waals surface area contributed by atoms with Crippen LogP contribution in [0.25, 0.3) is 0 Å². The van der Waals surface area contributed by atoms with Crippen molar-refractivity contribution in [3.05, 3.63) is 34.6 Å². The molecule has 2 aliphatic heterocycles. The van der Waals surface area contributed by atoms with Crippen molar-refractivity contribution in [1.82, 2.24) is 10.6 Å². The number of hydrogen-bond acceptors (Lipinski definition) is 4. The first kappa shape index (κ1) is 15.9. The maximum absolute atomic E-state index is 13.9. The van der Waals surface area contributed by atoms with Gasteiger partial charge in [-0.15, -0.1) is 0 Å². The van der Waals surface area contributed by atoms with Gasteiger partial charge in [-0.25, -0.2) is 9.18 Å². The second kappa shape index (κ2) is 6.25. The molecule has 0 atom stereocenters. The monoisotopic (exact) mass is 322 g/mol. The molecule has 0 spiro atoms. The van der Waals surface area contributed by atoms with E-state index in [9.17, 15) is 19.1 Å². The Morgan fingerprint density at radius 3 is 2.70 bits per heavy atom. The zero-order valence-electron chi connectivity index (χ0n) is 12.7. The normalized spacial score (nSPS) is 19.7. The van der Waals surface area contributed by atoms with Crippen molar-refractivity contribution >= 4 is 11.9 Å². The van der Waals surface area contributed by atoms with Gasteiger partial charge in [0.05, 0.1) is 0 Å². The third kappa shape index (κ3) is 2.94. The van der Waals surface area contributed by atoms with Gasteiger partial charge < -0.3 is 20.5 Å². The van der Waals surface area contributed by atoms with Crippen LogP contribution in [0.2, 0.25) is 0 Å². The van der Waals surface area contributed by atoms with Crippen LogP contribution >= 0.6 is 0 Å². The maximum Gasteiger partial charge on any atom is 0.329 e. The summed E-state index contributed by atoms with van der Waals surface area (Å²) in [4.78, 5) is 24.3. The van der Waals surface area contributed by atoms with Crippen LogP contribution in [-0.4, -0.2) is 42.3 Å². The van der Waals surface area contributed by atoms with E-state index in [1.807, 2.05) is 0 Å². The number of rotatable bonds is 3. The zero-order chi connectivity index (χ0) is 16.4. The van der Waals surface area contributed by atoms with Gasteiger partial charge in [0.25, 0.3) is 5.91 Å². The predicted octanol–water partition coefficient (Wildman–Crippen LogP) is 0.835. The van der Waals surface area contributed by atoms with Gasteiger partial charge in [-0.05, 0) is 30.7 Å². The highest BCUT2D eigenvalue weighted by Gasteiger charge is 2.42. The van der Waals surface area contributed by atoms with Gasteiger partial charge in [0.1, 0.15) is 11.4 Å². The number of carbonyl (C=O) groups excluding carboxylic acids is 1. The molecule has 2 heterocycles. The quantitative estimate of drug-likeness (QED) is 0.767. The van der Waals surface area contributed by atoms with Gasteiger partial charge in [-0.2, -0.15) is 0 Å². The van der Waals surface area contributed by atoms with Gasteiger partial charge in [-0.1, -0.05) is 0 Å². The Labute approximate surface area is 133 Å². The number of hydrogen-bond donors (Lipinski definition) is 3. The summed E-state index contributed by atoms with van der Waals surface area (Å²) >= 11 is 0. The molecule has 23 heavy (non-hydrogen) atoms. The maximum atomic E-state index is 13.9. The summed E-state index contributed by atoms with van der Waals surface area (Å²) in [5, 5.41) is 15.3. The average molecular weight is 322 g/mol. The highest BCUT2D eigenvalue weighted by Crippen LogP contribution is 2.25. The Balaban J connectivity index is 1.90. The van der Waals surface area contributed by atoms with Crippen molar-refractivity contribution in [2.75, 3.05) is 19.8 Å². The smallest absolute Gasteiger partial charge is 0.329 e. The Kier molecular flexibility index (Phi) is 4.32. The van der Waals surface area contributed by atoms with Gasteiger partial charge in [0, 0.05) is 43.7 Å². The largest absolute Gasteiger partial charge is 0.480 e. The number of halogens is 1. The number of aliphatic carboxylic acids is 1. The minimum atomic E-state index is -1.32. The van der Waals surface area contributed by atoms with Crippen LogP contribution in [0, 0.1) is 5.82 Å². The number of amides is 1. The van der Waals surface area contributed by atoms with Crippen molar-refractivity contribution in [1.29, 1.82) is 0 Å². The lowest BCUT2D eigenvalue weighted by Gasteiger charge is -2.34. The molecule has 1 saturated heterocycles. The van der Waals surface area contributed by atoms with E-state index in [-0.39, 0.29) is 31.9 Å². The highest BCUT2D eigenvalue weighted by atomic mass is 19.1. The Hall–Kier alpha value is -1.99. The standard InChI is InChI=1S/C16H19FN2O4/c17-13-2-1-11(10-3-6-18-9-12(10)13)14(20)19-16(15(21)22)4-7-23-8-5-16/h1-2,18H,3-9H2,(H,19,20)(H,21,22). The summed E-state index contributed by atoms with van der Waals surface area (Å²) < 4.78 is 19.1. The summed E-state index contributed by atoms with van der Waals surface area (Å²) in [6.45, 7) is 1.62. The lowest BCUT2D eigenvalue weighted by atomic mass is 9.88. The molecule has 124 valence electrons. The first-order chi connectivity index (χ1) is 11.0. The lowest BCUT2D eigenvalue weighted by molar-refractivity contribution is -0.148. The number of benzene rings is 1. The molecule has 1 amide bonds. The molecule has 1 fully saturated rings. The molecule has 2 aliphatic rings. The fraction of sp³-hybridized carbons (Fsp3) is 0.500. The molecule has 3 rings (SSSR count). The number of fused-ring (bicyclic) bond motifs is 1. The van der Waals surface area contributed by atoms with Gasteiger partial charge in [-0.3, -0.25) is 4.79 Å². The van der Waals surface area contributed by atoms with Crippen molar-refractivity contribution in [3.63, 3.8) is 0 Å². The molecule has 1 aromatic rings. The van der Waals surface area contributed by atoms with Crippen molar-refractivity contribution < 1.29 is 23.8 Å². The van der Waals surface area contributed by atoms with E-state index in [1.54, 1.807) is 0 Å².